The van der Waals surface area contributed by atoms with Crippen molar-refractivity contribution in [2.75, 3.05) is 7.11 Å². The number of ether oxygens (including phenoxy) is 1. The Labute approximate surface area is 141 Å². The fourth-order valence-corrected chi connectivity index (χ4v) is 3.53. The highest BCUT2D eigenvalue weighted by Gasteiger charge is 2.30. The quantitative estimate of drug-likeness (QED) is 0.457. The van der Waals surface area contributed by atoms with Crippen molar-refractivity contribution in [3.05, 3.63) is 10.8 Å². The van der Waals surface area contributed by atoms with Crippen LogP contribution in [0, 0.1) is 6.92 Å². The highest BCUT2D eigenvalue weighted by Crippen LogP contribution is 2.37. The molecule has 0 N–H and O–H groups in total. The first-order valence-electron chi connectivity index (χ1n) is 8.79. The Bertz CT molecular complexity index is 445. The summed E-state index contributed by atoms with van der Waals surface area (Å²) in [5.74, 6) is 0.718. The van der Waals surface area contributed by atoms with E-state index in [0.29, 0.717) is 5.15 Å². The van der Waals surface area contributed by atoms with Crippen LogP contribution in [0.4, 0.5) is 0 Å². The lowest BCUT2D eigenvalue weighted by molar-refractivity contribution is 0.228. The van der Waals surface area contributed by atoms with Crippen molar-refractivity contribution in [3.8, 4) is 5.75 Å². The molecule has 128 valence electrons. The van der Waals surface area contributed by atoms with E-state index in [1.807, 2.05) is 11.6 Å². The third-order valence-corrected chi connectivity index (χ3v) is 4.89. The van der Waals surface area contributed by atoms with Crippen molar-refractivity contribution >= 4 is 11.6 Å². The van der Waals surface area contributed by atoms with E-state index < -0.39 is 0 Å². The van der Waals surface area contributed by atoms with Gasteiger partial charge < -0.3 is 4.74 Å². The molecule has 0 bridgehead atoms. The van der Waals surface area contributed by atoms with Gasteiger partial charge >= 0.3 is 0 Å². The van der Waals surface area contributed by atoms with Crippen LogP contribution in [0.25, 0.3) is 0 Å². The SMILES string of the molecule is CCCCCCCC(C)(CCCC)n1nc(C)c(OC)c1Cl. The van der Waals surface area contributed by atoms with Gasteiger partial charge in [-0.1, -0.05) is 70.4 Å². The van der Waals surface area contributed by atoms with Gasteiger partial charge in [0.25, 0.3) is 0 Å². The van der Waals surface area contributed by atoms with Crippen molar-refractivity contribution < 1.29 is 4.74 Å². The number of aryl methyl sites for hydroxylation is 1. The minimum atomic E-state index is -0.0130. The van der Waals surface area contributed by atoms with Gasteiger partial charge in [0.15, 0.2) is 10.9 Å². The topological polar surface area (TPSA) is 27.1 Å². The Morgan fingerprint density at radius 3 is 2.18 bits per heavy atom. The molecular formula is C18H33ClN2O. The molecule has 0 saturated heterocycles. The van der Waals surface area contributed by atoms with E-state index in [1.165, 1.54) is 44.9 Å². The number of halogens is 1. The highest BCUT2D eigenvalue weighted by atomic mass is 35.5. The van der Waals surface area contributed by atoms with E-state index in [2.05, 4.69) is 25.9 Å². The fraction of sp³-hybridized carbons (Fsp3) is 0.833. The molecule has 1 heterocycles. The summed E-state index contributed by atoms with van der Waals surface area (Å²) in [4.78, 5) is 0. The molecular weight excluding hydrogens is 296 g/mol. The number of hydrogen-bond acceptors (Lipinski definition) is 2. The van der Waals surface area contributed by atoms with Gasteiger partial charge in [-0.15, -0.1) is 0 Å². The summed E-state index contributed by atoms with van der Waals surface area (Å²) >= 11 is 6.53. The minimum Gasteiger partial charge on any atom is -0.492 e. The maximum Gasteiger partial charge on any atom is 0.178 e. The first-order valence-corrected chi connectivity index (χ1v) is 9.17. The lowest BCUT2D eigenvalue weighted by Crippen LogP contribution is -2.31. The van der Waals surface area contributed by atoms with E-state index in [-0.39, 0.29) is 5.54 Å². The van der Waals surface area contributed by atoms with Gasteiger partial charge in [0, 0.05) is 0 Å². The van der Waals surface area contributed by atoms with Crippen LogP contribution in [0.5, 0.6) is 5.75 Å². The number of aromatic nitrogens is 2. The molecule has 0 saturated carbocycles. The van der Waals surface area contributed by atoms with Gasteiger partial charge in [-0.05, 0) is 26.7 Å². The maximum absolute atomic E-state index is 6.53. The Morgan fingerprint density at radius 2 is 1.64 bits per heavy atom. The standard InChI is InChI=1S/C18H33ClN2O/c1-6-8-10-11-12-14-18(4,13-9-7-2)21-17(19)16(22-5)15(3)20-21/h6-14H2,1-5H3. The zero-order chi connectivity index (χ0) is 16.6. The number of nitrogens with zero attached hydrogens (tertiary/aromatic N) is 2. The molecule has 1 aromatic heterocycles. The molecule has 22 heavy (non-hydrogen) atoms. The van der Waals surface area contributed by atoms with E-state index in [0.717, 1.165) is 24.3 Å². The minimum absolute atomic E-state index is 0.0130. The zero-order valence-corrected chi connectivity index (χ0v) is 15.8. The van der Waals surface area contributed by atoms with Gasteiger partial charge in [-0.2, -0.15) is 5.10 Å². The monoisotopic (exact) mass is 328 g/mol. The van der Waals surface area contributed by atoms with E-state index in [9.17, 15) is 0 Å². The van der Waals surface area contributed by atoms with Gasteiger partial charge in [-0.25, -0.2) is 4.68 Å². The molecule has 0 aliphatic rings. The number of unbranched alkanes of at least 4 members (excludes halogenated alkanes) is 5. The largest absolute Gasteiger partial charge is 0.492 e. The molecule has 0 spiro atoms. The van der Waals surface area contributed by atoms with Crippen molar-refractivity contribution in [2.24, 2.45) is 0 Å². The summed E-state index contributed by atoms with van der Waals surface area (Å²) < 4.78 is 7.41. The van der Waals surface area contributed by atoms with Crippen molar-refractivity contribution in [3.63, 3.8) is 0 Å². The second kappa shape index (κ2) is 9.44. The maximum atomic E-state index is 6.53. The van der Waals surface area contributed by atoms with Crippen LogP contribution in [0.15, 0.2) is 0 Å². The summed E-state index contributed by atoms with van der Waals surface area (Å²) in [6, 6.07) is 0. The van der Waals surface area contributed by atoms with E-state index >= 15 is 0 Å². The molecule has 0 radical (unpaired) electrons. The molecule has 0 aliphatic carbocycles. The summed E-state index contributed by atoms with van der Waals surface area (Å²) in [5.41, 5.74) is 0.863. The second-order valence-corrected chi connectivity index (χ2v) is 6.94. The number of hydrogen-bond donors (Lipinski definition) is 0. The van der Waals surface area contributed by atoms with Gasteiger partial charge in [0.05, 0.1) is 12.6 Å². The lowest BCUT2D eigenvalue weighted by atomic mass is 9.88. The predicted molar refractivity (Wildman–Crippen MR) is 95.1 cm³/mol. The summed E-state index contributed by atoms with van der Waals surface area (Å²) in [7, 11) is 1.66. The van der Waals surface area contributed by atoms with Gasteiger partial charge in [-0.3, -0.25) is 0 Å². The van der Waals surface area contributed by atoms with Crippen molar-refractivity contribution in [1.29, 1.82) is 0 Å². The normalized spacial score (nSPS) is 14.1. The van der Waals surface area contributed by atoms with Crippen LogP contribution in [0.2, 0.25) is 5.15 Å². The predicted octanol–water partition coefficient (Wildman–Crippen LogP) is 6.12. The van der Waals surface area contributed by atoms with Crippen LogP contribution in [0.3, 0.4) is 0 Å². The van der Waals surface area contributed by atoms with Crippen molar-refractivity contribution in [2.45, 2.75) is 91.0 Å². The molecule has 1 unspecified atom stereocenters. The van der Waals surface area contributed by atoms with Crippen LogP contribution in [0.1, 0.15) is 84.3 Å². The molecule has 0 aliphatic heterocycles. The first kappa shape index (κ1) is 19.3. The lowest BCUT2D eigenvalue weighted by Gasteiger charge is -2.31. The molecule has 0 fully saturated rings. The highest BCUT2D eigenvalue weighted by molar-refractivity contribution is 6.31. The molecule has 3 nitrogen and oxygen atoms in total. The number of rotatable bonds is 11. The van der Waals surface area contributed by atoms with E-state index in [4.69, 9.17) is 16.3 Å². The Hall–Kier alpha value is -0.700. The third kappa shape index (κ3) is 4.91. The van der Waals surface area contributed by atoms with Crippen molar-refractivity contribution in [1.82, 2.24) is 9.78 Å². The number of methoxy groups -OCH3 is 1. The summed E-state index contributed by atoms with van der Waals surface area (Å²) in [5, 5.41) is 5.33. The van der Waals surface area contributed by atoms with Crippen LogP contribution in [-0.4, -0.2) is 16.9 Å². The van der Waals surface area contributed by atoms with Crippen LogP contribution in [-0.2, 0) is 5.54 Å². The van der Waals surface area contributed by atoms with Gasteiger partial charge in [0.2, 0.25) is 0 Å². The first-order chi connectivity index (χ1) is 10.5. The molecule has 0 amide bonds. The summed E-state index contributed by atoms with van der Waals surface area (Å²) in [6.45, 7) is 8.74. The molecule has 1 aromatic rings. The smallest absolute Gasteiger partial charge is 0.178 e. The Kier molecular flexibility index (Phi) is 8.30. The van der Waals surface area contributed by atoms with Crippen LogP contribution >= 0.6 is 11.6 Å². The zero-order valence-electron chi connectivity index (χ0n) is 15.0. The average Bonchev–Trinajstić information content (AvgIpc) is 2.80. The molecule has 4 heteroatoms. The average molecular weight is 329 g/mol. The molecule has 0 aromatic carbocycles. The fourth-order valence-electron chi connectivity index (χ4n) is 3.08. The van der Waals surface area contributed by atoms with Crippen LogP contribution < -0.4 is 4.74 Å². The Balaban J connectivity index is 2.86. The van der Waals surface area contributed by atoms with E-state index in [1.54, 1.807) is 7.11 Å². The third-order valence-electron chi connectivity index (χ3n) is 4.56. The second-order valence-electron chi connectivity index (χ2n) is 6.59. The molecule has 1 rings (SSSR count). The van der Waals surface area contributed by atoms with Gasteiger partial charge in [0.1, 0.15) is 5.69 Å². The summed E-state index contributed by atoms with van der Waals surface area (Å²) in [6.07, 6.45) is 11.1. The molecule has 1 atom stereocenters. The Morgan fingerprint density at radius 1 is 1.05 bits per heavy atom.